The van der Waals surface area contributed by atoms with Gasteiger partial charge in [-0.2, -0.15) is 11.8 Å². The highest BCUT2D eigenvalue weighted by atomic mass is 32.2. The summed E-state index contributed by atoms with van der Waals surface area (Å²) in [5.74, 6) is -0.559. The molecule has 0 radical (unpaired) electrons. The Morgan fingerprint density at radius 1 is 0.972 bits per heavy atom. The molecule has 1 heterocycles. The molecule has 1 aliphatic rings. The molecule has 1 aromatic heterocycles. The van der Waals surface area contributed by atoms with E-state index in [2.05, 4.69) is 21.2 Å². The van der Waals surface area contributed by atoms with Crippen LogP contribution in [-0.2, 0) is 14.3 Å². The average Bonchev–Trinajstić information content (AvgIpc) is 3.22. The summed E-state index contributed by atoms with van der Waals surface area (Å²) < 4.78 is 5.44. The maximum atomic E-state index is 12.4. The fourth-order valence-electron chi connectivity index (χ4n) is 4.01. The minimum Gasteiger partial charge on any atom is -0.480 e. The number of nitrogens with one attached hydrogen (secondary N) is 3. The monoisotopic (exact) mass is 506 g/mol. The zero-order valence-corrected chi connectivity index (χ0v) is 20.2. The van der Waals surface area contributed by atoms with E-state index in [0.717, 1.165) is 22.3 Å². The number of amides is 2. The maximum absolute atomic E-state index is 12.4. The van der Waals surface area contributed by atoms with E-state index in [9.17, 15) is 19.5 Å². The summed E-state index contributed by atoms with van der Waals surface area (Å²) in [6.07, 6.45) is 0.954. The number of pyridine rings is 1. The Hall–Kier alpha value is -4.05. The van der Waals surface area contributed by atoms with Crippen molar-refractivity contribution >= 4 is 35.5 Å². The Balaban J connectivity index is 1.21. The lowest BCUT2D eigenvalue weighted by Gasteiger charge is -2.17. The second-order valence-corrected chi connectivity index (χ2v) is 9.20. The zero-order chi connectivity index (χ0) is 25.3. The van der Waals surface area contributed by atoms with E-state index in [-0.39, 0.29) is 30.6 Å². The van der Waals surface area contributed by atoms with Gasteiger partial charge in [0.25, 0.3) is 0 Å². The highest BCUT2D eigenvalue weighted by molar-refractivity contribution is 7.99. The molecule has 1 aliphatic carbocycles. The lowest BCUT2D eigenvalue weighted by atomic mass is 9.98. The van der Waals surface area contributed by atoms with Gasteiger partial charge in [-0.15, -0.1) is 0 Å². The number of rotatable bonds is 11. The standard InChI is InChI=1S/C26H26N4O5S/c31-24(30-29-23-11-5-6-13-27-23)16-36-14-12-22(25(32)33)28-26(34)35-15-21-19-9-3-1-7-17(19)18-8-2-4-10-20(18)21/h1-11,13,21-22H,12,14-16H2,(H,27,29)(H,28,34)(H,30,31)(H,32,33). The number of carboxylic acids is 1. The number of hydrogen-bond donors (Lipinski definition) is 4. The number of anilines is 1. The van der Waals surface area contributed by atoms with Gasteiger partial charge >= 0.3 is 12.1 Å². The number of carbonyl (C=O) groups is 3. The predicted molar refractivity (Wildman–Crippen MR) is 138 cm³/mol. The summed E-state index contributed by atoms with van der Waals surface area (Å²) in [5, 5.41) is 11.9. The number of aliphatic carboxylic acids is 1. The van der Waals surface area contributed by atoms with Crippen molar-refractivity contribution < 1.29 is 24.2 Å². The van der Waals surface area contributed by atoms with E-state index in [4.69, 9.17) is 4.74 Å². The van der Waals surface area contributed by atoms with Crippen LogP contribution in [-0.4, -0.2) is 52.2 Å². The second kappa shape index (κ2) is 12.1. The molecule has 2 amide bonds. The van der Waals surface area contributed by atoms with Gasteiger partial charge in [-0.3, -0.25) is 15.6 Å². The fraction of sp³-hybridized carbons (Fsp3) is 0.231. The molecule has 4 N–H and O–H groups in total. The number of hydrazine groups is 1. The Labute approximate surface area is 212 Å². The lowest BCUT2D eigenvalue weighted by Crippen LogP contribution is -2.42. The minimum absolute atomic E-state index is 0.102. The molecular weight excluding hydrogens is 480 g/mol. The van der Waals surface area contributed by atoms with Crippen molar-refractivity contribution in [3.8, 4) is 11.1 Å². The van der Waals surface area contributed by atoms with Crippen LogP contribution in [0.4, 0.5) is 10.6 Å². The quantitative estimate of drug-likeness (QED) is 0.229. The number of thioether (sulfide) groups is 1. The largest absolute Gasteiger partial charge is 0.480 e. The molecule has 0 fully saturated rings. The van der Waals surface area contributed by atoms with Crippen molar-refractivity contribution in [2.45, 2.75) is 18.4 Å². The Bertz CT molecular complexity index is 1180. The first-order chi connectivity index (χ1) is 17.5. The van der Waals surface area contributed by atoms with Crippen molar-refractivity contribution in [1.82, 2.24) is 15.7 Å². The number of carboxylic acid groups (broad SMARTS) is 1. The molecule has 10 heteroatoms. The van der Waals surface area contributed by atoms with E-state index in [0.29, 0.717) is 11.6 Å². The molecule has 2 aromatic carbocycles. The van der Waals surface area contributed by atoms with E-state index in [1.165, 1.54) is 11.8 Å². The predicted octanol–water partition coefficient (Wildman–Crippen LogP) is 3.64. The van der Waals surface area contributed by atoms with Crippen LogP contribution in [0.3, 0.4) is 0 Å². The van der Waals surface area contributed by atoms with Crippen molar-refractivity contribution in [3.05, 3.63) is 84.1 Å². The number of nitrogens with zero attached hydrogens (tertiary/aromatic N) is 1. The van der Waals surface area contributed by atoms with Crippen LogP contribution in [0.1, 0.15) is 23.5 Å². The highest BCUT2D eigenvalue weighted by Gasteiger charge is 2.29. The lowest BCUT2D eigenvalue weighted by molar-refractivity contribution is -0.139. The van der Waals surface area contributed by atoms with Gasteiger partial charge in [0.1, 0.15) is 18.5 Å². The summed E-state index contributed by atoms with van der Waals surface area (Å²) in [6.45, 7) is 0.102. The summed E-state index contributed by atoms with van der Waals surface area (Å²) >= 11 is 1.26. The van der Waals surface area contributed by atoms with Gasteiger partial charge in [-0.05, 0) is 46.6 Å². The third-order valence-corrected chi connectivity index (χ3v) is 6.70. The van der Waals surface area contributed by atoms with Crippen LogP contribution < -0.4 is 16.2 Å². The van der Waals surface area contributed by atoms with Crippen molar-refractivity contribution in [2.24, 2.45) is 0 Å². The van der Waals surface area contributed by atoms with E-state index in [1.807, 2.05) is 48.5 Å². The van der Waals surface area contributed by atoms with Crippen LogP contribution in [0.15, 0.2) is 72.9 Å². The molecule has 4 rings (SSSR count). The molecule has 1 atom stereocenters. The van der Waals surface area contributed by atoms with Crippen LogP contribution in [0, 0.1) is 0 Å². The maximum Gasteiger partial charge on any atom is 0.407 e. The molecule has 36 heavy (non-hydrogen) atoms. The van der Waals surface area contributed by atoms with Crippen LogP contribution in [0.2, 0.25) is 0 Å². The summed E-state index contributed by atoms with van der Waals surface area (Å²) in [5.41, 5.74) is 9.60. The number of alkyl carbamates (subject to hydrolysis) is 1. The smallest absolute Gasteiger partial charge is 0.407 e. The average molecular weight is 507 g/mol. The highest BCUT2D eigenvalue weighted by Crippen LogP contribution is 2.44. The topological polar surface area (TPSA) is 130 Å². The van der Waals surface area contributed by atoms with Crippen LogP contribution in [0.5, 0.6) is 0 Å². The van der Waals surface area contributed by atoms with Gasteiger partial charge < -0.3 is 15.2 Å². The number of aromatic nitrogens is 1. The molecule has 9 nitrogen and oxygen atoms in total. The zero-order valence-electron chi connectivity index (χ0n) is 19.3. The minimum atomic E-state index is -1.16. The van der Waals surface area contributed by atoms with E-state index in [1.54, 1.807) is 24.4 Å². The molecule has 0 saturated heterocycles. The Morgan fingerprint density at radius 2 is 1.64 bits per heavy atom. The number of hydrogen-bond acceptors (Lipinski definition) is 7. The number of fused-ring (bicyclic) bond motifs is 3. The van der Waals surface area contributed by atoms with Gasteiger partial charge in [0.2, 0.25) is 5.91 Å². The molecule has 186 valence electrons. The molecule has 0 spiro atoms. The third-order valence-electron chi connectivity index (χ3n) is 5.71. The molecule has 3 aromatic rings. The van der Waals surface area contributed by atoms with Gasteiger partial charge in [-0.25, -0.2) is 14.6 Å². The van der Waals surface area contributed by atoms with E-state index >= 15 is 0 Å². The molecule has 0 saturated carbocycles. The first-order valence-electron chi connectivity index (χ1n) is 11.4. The number of carbonyl (C=O) groups excluding carboxylic acids is 2. The van der Waals surface area contributed by atoms with Crippen molar-refractivity contribution in [1.29, 1.82) is 0 Å². The first-order valence-corrected chi connectivity index (χ1v) is 12.6. The molecule has 0 bridgehead atoms. The summed E-state index contributed by atoms with van der Waals surface area (Å²) in [6, 6.07) is 20.1. The van der Waals surface area contributed by atoms with Gasteiger partial charge in [0, 0.05) is 12.1 Å². The second-order valence-electron chi connectivity index (χ2n) is 8.09. The summed E-state index contributed by atoms with van der Waals surface area (Å²) in [7, 11) is 0. The third kappa shape index (κ3) is 6.33. The Morgan fingerprint density at radius 3 is 2.28 bits per heavy atom. The number of ether oxygens (including phenoxy) is 1. The normalized spacial score (nSPS) is 12.7. The van der Waals surface area contributed by atoms with Crippen LogP contribution >= 0.6 is 11.8 Å². The summed E-state index contributed by atoms with van der Waals surface area (Å²) in [4.78, 5) is 40.0. The molecular formula is C26H26N4O5S. The fourth-order valence-corrected chi connectivity index (χ4v) is 4.82. The van der Waals surface area contributed by atoms with Gasteiger partial charge in [0.15, 0.2) is 0 Å². The van der Waals surface area contributed by atoms with Gasteiger partial charge in [0.05, 0.1) is 5.75 Å². The van der Waals surface area contributed by atoms with Crippen molar-refractivity contribution in [3.63, 3.8) is 0 Å². The molecule has 0 aliphatic heterocycles. The first kappa shape index (κ1) is 25.1. The van der Waals surface area contributed by atoms with Crippen molar-refractivity contribution in [2.75, 3.05) is 23.5 Å². The SMILES string of the molecule is O=C(CSCCC(NC(=O)OCC1c2ccccc2-c2ccccc21)C(=O)O)NNc1ccccn1. The van der Waals surface area contributed by atoms with Crippen LogP contribution in [0.25, 0.3) is 11.1 Å². The van der Waals surface area contributed by atoms with E-state index < -0.39 is 18.1 Å². The van der Waals surface area contributed by atoms with Gasteiger partial charge in [-0.1, -0.05) is 54.6 Å². The molecule has 1 unspecified atom stereocenters. The Kier molecular flexibility index (Phi) is 8.40. The number of benzene rings is 2.